The number of hydrogen-bond acceptors (Lipinski definition) is 2. The fraction of sp³-hybridized carbons (Fsp3) is 0.176. The molecule has 20 heavy (non-hydrogen) atoms. The van der Waals surface area contributed by atoms with Gasteiger partial charge in [-0.3, -0.25) is 0 Å². The van der Waals surface area contributed by atoms with Crippen LogP contribution in [0.25, 0.3) is 12.2 Å². The van der Waals surface area contributed by atoms with Crippen LogP contribution in [0.1, 0.15) is 16.7 Å². The average Bonchev–Trinajstić information content (AvgIpc) is 2.53. The van der Waals surface area contributed by atoms with Crippen molar-refractivity contribution in [1.29, 1.82) is 0 Å². The Morgan fingerprint density at radius 1 is 0.950 bits per heavy atom. The topological polar surface area (TPSA) is 18.5 Å². The molecule has 2 rings (SSSR count). The van der Waals surface area contributed by atoms with Crippen molar-refractivity contribution in [2.24, 2.45) is 0 Å². The normalized spacial score (nSPS) is 10.8. The highest BCUT2D eigenvalue weighted by molar-refractivity contribution is 6.17. The number of benzene rings is 2. The van der Waals surface area contributed by atoms with E-state index >= 15 is 0 Å². The Balaban J connectivity index is 2.24. The molecule has 0 saturated heterocycles. The average molecular weight is 289 g/mol. The summed E-state index contributed by atoms with van der Waals surface area (Å²) in [6.07, 6.45) is 4.05. The largest absolute Gasteiger partial charge is 0.497 e. The molecular weight excluding hydrogens is 272 g/mol. The van der Waals surface area contributed by atoms with Crippen molar-refractivity contribution in [2.45, 2.75) is 5.88 Å². The first-order chi connectivity index (χ1) is 9.76. The van der Waals surface area contributed by atoms with Gasteiger partial charge in [-0.2, -0.15) is 0 Å². The second-order valence-corrected chi connectivity index (χ2v) is 4.58. The van der Waals surface area contributed by atoms with E-state index in [1.165, 1.54) is 0 Å². The van der Waals surface area contributed by atoms with Crippen LogP contribution in [0.15, 0.2) is 42.5 Å². The molecule has 0 aromatic heterocycles. The number of alkyl halides is 1. The van der Waals surface area contributed by atoms with Crippen molar-refractivity contribution in [3.63, 3.8) is 0 Å². The number of rotatable bonds is 5. The summed E-state index contributed by atoms with van der Waals surface area (Å²) in [6.45, 7) is 0. The minimum Gasteiger partial charge on any atom is -0.497 e. The summed E-state index contributed by atoms with van der Waals surface area (Å²) in [7, 11) is 3.31. The lowest BCUT2D eigenvalue weighted by atomic mass is 10.1. The Morgan fingerprint density at radius 3 is 2.30 bits per heavy atom. The molecule has 3 heteroatoms. The first kappa shape index (κ1) is 14.5. The van der Waals surface area contributed by atoms with E-state index in [0.717, 1.165) is 28.2 Å². The number of hydrogen-bond donors (Lipinski definition) is 0. The van der Waals surface area contributed by atoms with Crippen molar-refractivity contribution in [1.82, 2.24) is 0 Å². The second-order valence-electron chi connectivity index (χ2n) is 4.32. The molecule has 0 fully saturated rings. The van der Waals surface area contributed by atoms with Gasteiger partial charge in [0.1, 0.15) is 11.5 Å². The summed E-state index contributed by atoms with van der Waals surface area (Å²) in [5.74, 6) is 2.16. The highest BCUT2D eigenvalue weighted by atomic mass is 35.5. The van der Waals surface area contributed by atoms with Gasteiger partial charge in [-0.25, -0.2) is 0 Å². The van der Waals surface area contributed by atoms with E-state index in [9.17, 15) is 0 Å². The van der Waals surface area contributed by atoms with Gasteiger partial charge in [-0.05, 0) is 29.3 Å². The lowest BCUT2D eigenvalue weighted by Crippen LogP contribution is -1.89. The first-order valence-electron chi connectivity index (χ1n) is 6.32. The zero-order valence-electron chi connectivity index (χ0n) is 11.6. The molecule has 2 nitrogen and oxygen atoms in total. The molecule has 2 aromatic carbocycles. The molecule has 0 aliphatic carbocycles. The smallest absolute Gasteiger partial charge is 0.126 e. The van der Waals surface area contributed by atoms with Crippen LogP contribution >= 0.6 is 11.6 Å². The first-order valence-corrected chi connectivity index (χ1v) is 6.85. The summed E-state index contributed by atoms with van der Waals surface area (Å²) < 4.78 is 10.6. The maximum Gasteiger partial charge on any atom is 0.126 e. The third-order valence-corrected chi connectivity index (χ3v) is 3.33. The third kappa shape index (κ3) is 3.55. The van der Waals surface area contributed by atoms with Crippen LogP contribution in [0, 0.1) is 0 Å². The van der Waals surface area contributed by atoms with Gasteiger partial charge in [0, 0.05) is 11.4 Å². The number of ether oxygens (including phenoxy) is 2. The summed E-state index contributed by atoms with van der Waals surface area (Å²) >= 11 is 5.78. The molecule has 0 unspecified atom stereocenters. The fourth-order valence-corrected chi connectivity index (χ4v) is 2.05. The molecule has 0 spiro atoms. The van der Waals surface area contributed by atoms with E-state index in [1.54, 1.807) is 14.2 Å². The quantitative estimate of drug-likeness (QED) is 0.591. The highest BCUT2D eigenvalue weighted by Crippen LogP contribution is 2.25. The summed E-state index contributed by atoms with van der Waals surface area (Å²) in [5, 5.41) is 0. The molecule has 0 amide bonds. The Bertz CT molecular complexity index is 588. The molecule has 0 N–H and O–H groups in total. The maximum atomic E-state index is 5.78. The van der Waals surface area contributed by atoms with Crippen LogP contribution in [0.2, 0.25) is 0 Å². The van der Waals surface area contributed by atoms with Gasteiger partial charge >= 0.3 is 0 Å². The van der Waals surface area contributed by atoms with Crippen LogP contribution in [0.3, 0.4) is 0 Å². The molecule has 104 valence electrons. The van der Waals surface area contributed by atoms with Gasteiger partial charge in [-0.1, -0.05) is 36.4 Å². The van der Waals surface area contributed by atoms with Gasteiger partial charge in [0.05, 0.1) is 14.2 Å². The molecular formula is C17H17ClO2. The van der Waals surface area contributed by atoms with Crippen molar-refractivity contribution in [2.75, 3.05) is 14.2 Å². The highest BCUT2D eigenvalue weighted by Gasteiger charge is 2.01. The monoisotopic (exact) mass is 288 g/mol. The van der Waals surface area contributed by atoms with Crippen molar-refractivity contribution in [3.8, 4) is 11.5 Å². The lowest BCUT2D eigenvalue weighted by Gasteiger charge is -2.07. The van der Waals surface area contributed by atoms with E-state index in [-0.39, 0.29) is 0 Å². The van der Waals surface area contributed by atoms with Gasteiger partial charge in [0.2, 0.25) is 0 Å². The van der Waals surface area contributed by atoms with Gasteiger partial charge < -0.3 is 9.47 Å². The molecule has 0 bridgehead atoms. The standard InChI is InChI=1S/C17H17ClO2/c1-19-16-9-10-17(20-2)15(11-16)8-7-13-3-5-14(12-18)6-4-13/h3-11H,12H2,1-2H3/b8-7+. The molecule has 0 aliphatic heterocycles. The van der Waals surface area contributed by atoms with E-state index in [2.05, 4.69) is 0 Å². The van der Waals surface area contributed by atoms with Gasteiger partial charge in [0.15, 0.2) is 0 Å². The van der Waals surface area contributed by atoms with E-state index in [1.807, 2.05) is 54.6 Å². The SMILES string of the molecule is COc1ccc(OC)c(/C=C/c2ccc(CCl)cc2)c1. The Hall–Kier alpha value is -1.93. The summed E-state index contributed by atoms with van der Waals surface area (Å²) in [4.78, 5) is 0. The molecule has 0 aliphatic rings. The van der Waals surface area contributed by atoms with E-state index < -0.39 is 0 Å². The van der Waals surface area contributed by atoms with E-state index in [4.69, 9.17) is 21.1 Å². The fourth-order valence-electron chi connectivity index (χ4n) is 1.87. The van der Waals surface area contributed by atoms with E-state index in [0.29, 0.717) is 5.88 Å². The predicted octanol–water partition coefficient (Wildman–Crippen LogP) is 4.61. The van der Waals surface area contributed by atoms with Gasteiger partial charge in [0.25, 0.3) is 0 Å². The minimum absolute atomic E-state index is 0.535. The van der Waals surface area contributed by atoms with Crippen LogP contribution < -0.4 is 9.47 Å². The molecule has 2 aromatic rings. The minimum atomic E-state index is 0.535. The van der Waals surface area contributed by atoms with Crippen LogP contribution in [-0.2, 0) is 5.88 Å². The molecule has 0 radical (unpaired) electrons. The Labute approximate surface area is 124 Å². The Morgan fingerprint density at radius 2 is 1.70 bits per heavy atom. The lowest BCUT2D eigenvalue weighted by molar-refractivity contribution is 0.402. The maximum absolute atomic E-state index is 5.78. The Kier molecular flexibility index (Phi) is 5.08. The molecule has 0 atom stereocenters. The zero-order chi connectivity index (χ0) is 14.4. The van der Waals surface area contributed by atoms with Crippen LogP contribution in [-0.4, -0.2) is 14.2 Å². The van der Waals surface area contributed by atoms with Crippen molar-refractivity contribution < 1.29 is 9.47 Å². The summed E-state index contributed by atoms with van der Waals surface area (Å²) in [5.41, 5.74) is 3.21. The van der Waals surface area contributed by atoms with Crippen molar-refractivity contribution in [3.05, 3.63) is 59.2 Å². The molecule has 0 heterocycles. The van der Waals surface area contributed by atoms with Crippen LogP contribution in [0.4, 0.5) is 0 Å². The van der Waals surface area contributed by atoms with Gasteiger partial charge in [-0.15, -0.1) is 11.6 Å². The third-order valence-electron chi connectivity index (χ3n) is 3.03. The summed E-state index contributed by atoms with van der Waals surface area (Å²) in [6, 6.07) is 13.9. The number of methoxy groups -OCH3 is 2. The molecule has 0 saturated carbocycles. The zero-order valence-corrected chi connectivity index (χ0v) is 12.4. The second kappa shape index (κ2) is 7.01. The van der Waals surface area contributed by atoms with Crippen LogP contribution in [0.5, 0.6) is 11.5 Å². The van der Waals surface area contributed by atoms with Crippen molar-refractivity contribution >= 4 is 23.8 Å². The predicted molar refractivity (Wildman–Crippen MR) is 84.5 cm³/mol. The number of halogens is 1.